The van der Waals surface area contributed by atoms with Crippen LogP contribution in [0.2, 0.25) is 0 Å². The predicted molar refractivity (Wildman–Crippen MR) is 20.3 cm³/mol. The second-order valence-corrected chi connectivity index (χ2v) is 0.952. The first-order valence-corrected chi connectivity index (χ1v) is 1.58. The molecule has 0 saturated heterocycles. The highest BCUT2D eigenvalue weighted by molar-refractivity contribution is 5.67. The van der Waals surface area contributed by atoms with Crippen LogP contribution in [0.15, 0.2) is 0 Å². The summed E-state index contributed by atoms with van der Waals surface area (Å²) >= 11 is 0. The predicted octanol–water partition coefficient (Wildman–Crippen LogP) is -4.74. The van der Waals surface area contributed by atoms with Crippen LogP contribution in [0.1, 0.15) is 0 Å². The summed E-state index contributed by atoms with van der Waals surface area (Å²) in [5.41, 5.74) is 9.49. The largest absolute Gasteiger partial charge is 0.496 e. The minimum Gasteiger partial charge on any atom is -0.187 e. The van der Waals surface area contributed by atoms with Gasteiger partial charge in [0.15, 0.2) is 0 Å². The van der Waals surface area contributed by atoms with Gasteiger partial charge in [0.2, 0.25) is 0 Å². The van der Waals surface area contributed by atoms with Gasteiger partial charge >= 0.3 is 11.9 Å². The molecular formula is C2H7N5+3. The molecule has 0 aliphatic rings. The van der Waals surface area contributed by atoms with Gasteiger partial charge < -0.3 is 0 Å². The highest BCUT2D eigenvalue weighted by atomic mass is 15.1. The smallest absolute Gasteiger partial charge is 0.187 e. The molecule has 0 spiro atoms. The number of nitrogens with one attached hydrogen (secondary N) is 3. The molecule has 0 saturated carbocycles. The average Bonchev–Trinajstić information content (AvgIpc) is 1.27. The third kappa shape index (κ3) is 5.22. The Morgan fingerprint density at radius 2 is 1.43 bits per heavy atom. The molecule has 5 nitrogen and oxygen atoms in total. The van der Waals surface area contributed by atoms with Crippen LogP contribution < -0.4 is 16.8 Å². The molecule has 37 valence electrons. The fraction of sp³-hybridized carbons (Fsp3) is 0. The molecule has 0 bridgehead atoms. The van der Waals surface area contributed by atoms with Crippen molar-refractivity contribution in [1.82, 2.24) is 0 Å². The standard InChI is InChI=1S/C2H7N5/c3-1(4)7-2(5)6/h3,5,7H,4,6H2/q+3. The fourth-order valence-corrected chi connectivity index (χ4v) is 0.145. The maximum Gasteiger partial charge on any atom is 0.496 e. The summed E-state index contributed by atoms with van der Waals surface area (Å²) in [7, 11) is 0. The summed E-state index contributed by atoms with van der Waals surface area (Å²) in [4.78, 5) is 0. The number of hydrogen-bond acceptors (Lipinski definition) is 2. The molecule has 0 amide bonds. The second-order valence-electron chi connectivity index (χ2n) is 0.952. The molecule has 0 aliphatic heterocycles. The third-order valence-electron chi connectivity index (χ3n) is 0.269. The normalized spacial score (nSPS) is 8.29. The monoisotopic (exact) mass is 101 g/mol. The quantitative estimate of drug-likeness (QED) is 0.149. The van der Waals surface area contributed by atoms with Crippen LogP contribution in [0.5, 0.6) is 0 Å². The summed E-state index contributed by atoms with van der Waals surface area (Å²) in [6.07, 6.45) is 0. The van der Waals surface area contributed by atoms with E-state index in [0.717, 1.165) is 0 Å². The molecule has 0 fully saturated rings. The van der Waals surface area contributed by atoms with Crippen LogP contribution in [0.25, 0.3) is 0 Å². The molecule has 0 aliphatic carbocycles. The Hall–Kier alpha value is -0.780. The van der Waals surface area contributed by atoms with Gasteiger partial charge in [0, 0.05) is 5.32 Å². The lowest BCUT2D eigenvalue weighted by atomic mass is 10.9. The molecule has 0 heterocycles. The van der Waals surface area contributed by atoms with E-state index < -0.39 is 0 Å². The fourth-order valence-electron chi connectivity index (χ4n) is 0.145. The van der Waals surface area contributed by atoms with E-state index >= 15 is 0 Å². The number of guanidine groups is 2. The Labute approximate surface area is 40.7 Å². The van der Waals surface area contributed by atoms with Gasteiger partial charge in [-0.3, -0.25) is 0 Å². The van der Waals surface area contributed by atoms with E-state index in [-0.39, 0.29) is 11.9 Å². The Morgan fingerprint density at radius 3 is 1.43 bits per heavy atom. The van der Waals surface area contributed by atoms with E-state index in [1.54, 1.807) is 0 Å². The first-order valence-electron chi connectivity index (χ1n) is 1.58. The van der Waals surface area contributed by atoms with Crippen LogP contribution in [-0.2, 0) is 0 Å². The molecule has 0 aromatic heterocycles. The average molecular weight is 101 g/mol. The second kappa shape index (κ2) is 2.40. The van der Waals surface area contributed by atoms with Crippen molar-refractivity contribution >= 4 is 11.9 Å². The zero-order valence-electron chi connectivity index (χ0n) is 3.65. The number of hydrogen-bond donors (Lipinski definition) is 5. The van der Waals surface area contributed by atoms with Gasteiger partial charge in [-0.2, -0.15) is 10.8 Å². The Morgan fingerprint density at radius 1 is 1.14 bits per heavy atom. The van der Waals surface area contributed by atoms with Crippen LogP contribution in [0, 0.1) is 10.8 Å². The van der Waals surface area contributed by atoms with Crippen LogP contribution in [-0.4, -0.2) is 11.9 Å². The van der Waals surface area contributed by atoms with Gasteiger partial charge in [0.05, 0.1) is 0 Å². The minimum absolute atomic E-state index is 0.312. The van der Waals surface area contributed by atoms with Crippen molar-refractivity contribution in [3.63, 3.8) is 0 Å². The molecule has 7 N–H and O–H groups in total. The van der Waals surface area contributed by atoms with Crippen LogP contribution in [0.4, 0.5) is 0 Å². The molecule has 7 heavy (non-hydrogen) atoms. The minimum atomic E-state index is -0.312. The summed E-state index contributed by atoms with van der Waals surface area (Å²) in [6.45, 7) is 0. The molecule has 3 radical (unpaired) electrons. The first kappa shape index (κ1) is 6.22. The molecule has 0 aromatic rings. The highest BCUT2D eigenvalue weighted by Crippen LogP contribution is 1.16. The van der Waals surface area contributed by atoms with Gasteiger partial charge in [-0.1, -0.05) is 11.5 Å². The van der Waals surface area contributed by atoms with Gasteiger partial charge in [-0.25, -0.2) is 0 Å². The first-order chi connectivity index (χ1) is 3.13. The van der Waals surface area contributed by atoms with Crippen molar-refractivity contribution in [2.45, 2.75) is 0 Å². The van der Waals surface area contributed by atoms with Gasteiger partial charge in [0.1, 0.15) is 0 Å². The summed E-state index contributed by atoms with van der Waals surface area (Å²) < 4.78 is 0. The zero-order chi connectivity index (χ0) is 5.86. The lowest BCUT2D eigenvalue weighted by Gasteiger charge is -1.66. The van der Waals surface area contributed by atoms with E-state index in [1.807, 2.05) is 5.32 Å². The van der Waals surface area contributed by atoms with Gasteiger partial charge in [0.25, 0.3) is 0 Å². The molecule has 0 unspecified atom stereocenters. The molecular weight excluding hydrogens is 94.1 g/mol. The van der Waals surface area contributed by atoms with Crippen molar-refractivity contribution in [1.29, 1.82) is 10.8 Å². The van der Waals surface area contributed by atoms with Crippen molar-refractivity contribution in [2.24, 2.45) is 0 Å². The number of rotatable bonds is 0. The Bertz CT molecular complexity index is 82.3. The molecule has 0 rings (SSSR count). The van der Waals surface area contributed by atoms with E-state index in [2.05, 4.69) is 0 Å². The summed E-state index contributed by atoms with van der Waals surface area (Å²) in [5, 5.41) is 15.0. The van der Waals surface area contributed by atoms with E-state index in [1.165, 1.54) is 0 Å². The van der Waals surface area contributed by atoms with Crippen molar-refractivity contribution in [3.05, 3.63) is 0 Å². The lowest BCUT2D eigenvalue weighted by molar-refractivity contribution is -0.559. The lowest BCUT2D eigenvalue weighted by Crippen LogP contribution is -3.08. The Kier molecular flexibility index (Phi) is 2.14. The highest BCUT2D eigenvalue weighted by Gasteiger charge is 2.13. The molecule has 5 heteroatoms. The van der Waals surface area contributed by atoms with Crippen LogP contribution >= 0.6 is 0 Å². The van der Waals surface area contributed by atoms with E-state index in [0.29, 0.717) is 0 Å². The van der Waals surface area contributed by atoms with E-state index in [9.17, 15) is 0 Å². The van der Waals surface area contributed by atoms with Crippen LogP contribution in [0.3, 0.4) is 0 Å². The SMILES string of the molecule is N=C([NH2+])[NH+]C(=N)[NH2+]. The van der Waals surface area contributed by atoms with E-state index in [4.69, 9.17) is 22.3 Å². The van der Waals surface area contributed by atoms with Gasteiger partial charge in [-0.15, -0.1) is 0 Å². The maximum absolute atomic E-state index is 6.47. The number of nitrogens with two attached hydrogens (primary N) is 2. The summed E-state index contributed by atoms with van der Waals surface area (Å²) in [5.74, 6) is -0.625. The maximum atomic E-state index is 6.47. The molecule has 0 atom stereocenters. The van der Waals surface area contributed by atoms with Crippen molar-refractivity contribution in [3.8, 4) is 0 Å². The summed E-state index contributed by atoms with van der Waals surface area (Å²) in [6, 6.07) is 0. The zero-order valence-corrected chi connectivity index (χ0v) is 3.65. The van der Waals surface area contributed by atoms with Crippen molar-refractivity contribution in [2.75, 3.05) is 0 Å². The Balaban J connectivity index is 3.32. The van der Waals surface area contributed by atoms with Crippen molar-refractivity contribution < 1.29 is 16.8 Å². The molecule has 0 aromatic carbocycles. The topological polar surface area (TPSA) is 114 Å². The van der Waals surface area contributed by atoms with Gasteiger partial charge in [-0.05, 0) is 0 Å². The third-order valence-corrected chi connectivity index (χ3v) is 0.269.